The highest BCUT2D eigenvalue weighted by atomic mass is 35.5. The first-order chi connectivity index (χ1) is 16.5. The molecule has 1 saturated heterocycles. The monoisotopic (exact) mass is 498 g/mol. The van der Waals surface area contributed by atoms with Crippen LogP contribution in [0.25, 0.3) is 0 Å². The van der Waals surface area contributed by atoms with Gasteiger partial charge >= 0.3 is 6.03 Å². The summed E-state index contributed by atoms with van der Waals surface area (Å²) in [6, 6.07) is 17.0. The highest BCUT2D eigenvalue weighted by Crippen LogP contribution is 2.34. The van der Waals surface area contributed by atoms with E-state index >= 15 is 0 Å². The number of amides is 2. The first-order valence-corrected chi connectivity index (χ1v) is 12.0. The van der Waals surface area contributed by atoms with E-state index in [0.717, 1.165) is 37.4 Å². The first kappa shape index (κ1) is 24.3. The minimum absolute atomic E-state index is 0.219. The number of hydrogen-bond donors (Lipinski definition) is 2. The van der Waals surface area contributed by atoms with E-state index in [-0.39, 0.29) is 11.9 Å². The zero-order valence-electron chi connectivity index (χ0n) is 19.0. The van der Waals surface area contributed by atoms with E-state index in [4.69, 9.17) is 27.9 Å². The number of ether oxygens (including phenoxy) is 1. The van der Waals surface area contributed by atoms with Crippen molar-refractivity contribution in [2.45, 2.75) is 18.9 Å². The molecule has 8 heteroatoms. The molecule has 6 nitrogen and oxygen atoms in total. The molecule has 178 valence electrons. The van der Waals surface area contributed by atoms with E-state index in [2.05, 4.69) is 32.7 Å². The predicted octanol–water partition coefficient (Wildman–Crippen LogP) is 5.82. The molecular formula is C26H28Cl2N4O2. The van der Waals surface area contributed by atoms with Crippen LogP contribution in [0.1, 0.15) is 23.5 Å². The molecule has 4 rings (SSSR count). The summed E-state index contributed by atoms with van der Waals surface area (Å²) in [6.45, 7) is 3.19. The summed E-state index contributed by atoms with van der Waals surface area (Å²) in [7, 11) is 1.67. The van der Waals surface area contributed by atoms with Gasteiger partial charge in [0, 0.05) is 48.7 Å². The lowest BCUT2D eigenvalue weighted by Gasteiger charge is -2.39. The van der Waals surface area contributed by atoms with E-state index in [9.17, 15) is 4.79 Å². The van der Waals surface area contributed by atoms with Gasteiger partial charge < -0.3 is 15.4 Å². The Balaban J connectivity index is 1.42. The fraction of sp³-hybridized carbons (Fsp3) is 0.308. The van der Waals surface area contributed by atoms with Gasteiger partial charge in [0.1, 0.15) is 5.75 Å². The lowest BCUT2D eigenvalue weighted by molar-refractivity contribution is 0.151. The van der Waals surface area contributed by atoms with Crippen molar-refractivity contribution in [1.29, 1.82) is 0 Å². The van der Waals surface area contributed by atoms with E-state index in [1.807, 2.05) is 24.4 Å². The highest BCUT2D eigenvalue weighted by Gasteiger charge is 2.31. The third-order valence-corrected chi connectivity index (χ3v) is 6.64. The van der Waals surface area contributed by atoms with Crippen LogP contribution in [0, 0.1) is 5.92 Å². The molecule has 0 saturated carbocycles. The van der Waals surface area contributed by atoms with Crippen LogP contribution in [0.4, 0.5) is 10.5 Å². The number of carbonyl (C=O) groups is 1. The van der Waals surface area contributed by atoms with Crippen molar-refractivity contribution >= 4 is 34.9 Å². The number of nitrogens with one attached hydrogen (secondary N) is 2. The van der Waals surface area contributed by atoms with E-state index in [1.165, 1.54) is 5.56 Å². The normalized spacial score (nSPS) is 18.3. The molecule has 34 heavy (non-hydrogen) atoms. The molecule has 2 unspecified atom stereocenters. The minimum Gasteiger partial charge on any atom is -0.497 e. The van der Waals surface area contributed by atoms with Gasteiger partial charge in [-0.25, -0.2) is 4.79 Å². The number of likely N-dealkylation sites (tertiary alicyclic amines) is 1. The average Bonchev–Trinajstić information content (AvgIpc) is 2.85. The molecule has 3 aromatic rings. The summed E-state index contributed by atoms with van der Waals surface area (Å²) >= 11 is 12.1. The number of carbonyl (C=O) groups excluding carboxylic acids is 1. The first-order valence-electron chi connectivity index (χ1n) is 11.3. The second kappa shape index (κ2) is 11.6. The maximum absolute atomic E-state index is 12.5. The molecule has 2 N–H and O–H groups in total. The van der Waals surface area contributed by atoms with E-state index in [0.29, 0.717) is 28.2 Å². The number of pyridine rings is 1. The zero-order chi connectivity index (χ0) is 23.9. The van der Waals surface area contributed by atoms with Gasteiger partial charge in [-0.1, -0.05) is 35.3 Å². The van der Waals surface area contributed by atoms with E-state index < -0.39 is 0 Å². The van der Waals surface area contributed by atoms with Crippen LogP contribution < -0.4 is 15.4 Å². The molecule has 1 fully saturated rings. The molecule has 0 radical (unpaired) electrons. The van der Waals surface area contributed by atoms with Gasteiger partial charge in [-0.3, -0.25) is 9.88 Å². The van der Waals surface area contributed by atoms with Gasteiger partial charge in [0.05, 0.1) is 12.1 Å². The fourth-order valence-corrected chi connectivity index (χ4v) is 4.74. The molecule has 1 aliphatic rings. The summed E-state index contributed by atoms with van der Waals surface area (Å²) in [5.41, 5.74) is 3.04. The van der Waals surface area contributed by atoms with Gasteiger partial charge in [-0.05, 0) is 72.5 Å². The number of piperidine rings is 1. The molecule has 2 heterocycles. The Hall–Kier alpha value is -2.80. The van der Waals surface area contributed by atoms with Crippen LogP contribution >= 0.6 is 23.2 Å². The van der Waals surface area contributed by atoms with Crippen molar-refractivity contribution < 1.29 is 9.53 Å². The van der Waals surface area contributed by atoms with Gasteiger partial charge in [0.2, 0.25) is 0 Å². The topological polar surface area (TPSA) is 66.5 Å². The number of benzene rings is 2. The molecule has 2 amide bonds. The van der Waals surface area contributed by atoms with Crippen molar-refractivity contribution in [3.63, 3.8) is 0 Å². The Labute approximate surface area is 210 Å². The molecule has 1 aromatic heterocycles. The van der Waals surface area contributed by atoms with Gasteiger partial charge in [0.15, 0.2) is 0 Å². The van der Waals surface area contributed by atoms with Crippen molar-refractivity contribution in [1.82, 2.24) is 15.2 Å². The predicted molar refractivity (Wildman–Crippen MR) is 137 cm³/mol. The molecule has 2 atom stereocenters. The van der Waals surface area contributed by atoms with Crippen molar-refractivity contribution in [2.75, 3.05) is 32.1 Å². The smallest absolute Gasteiger partial charge is 0.319 e. The standard InChI is InChI=1S/C26H28Cl2N4O2/c1-34-24-8-2-19(3-9-24)25-17-32(16-18-12-22(28)15-29-13-18)11-10-20(25)14-30-26(33)31-23-6-4-21(27)5-7-23/h2-9,12-13,15,20,25H,10-11,14,16-17H2,1H3,(H2,30,31,33). The Morgan fingerprint density at radius 3 is 2.56 bits per heavy atom. The average molecular weight is 499 g/mol. The van der Waals surface area contributed by atoms with Crippen LogP contribution in [0.5, 0.6) is 5.75 Å². The maximum atomic E-state index is 12.5. The Morgan fingerprint density at radius 1 is 1.09 bits per heavy atom. The molecular weight excluding hydrogens is 471 g/mol. The molecule has 2 aromatic carbocycles. The Bertz CT molecular complexity index is 1090. The summed E-state index contributed by atoms with van der Waals surface area (Å²) in [5, 5.41) is 7.21. The summed E-state index contributed by atoms with van der Waals surface area (Å²) in [4.78, 5) is 19.1. The maximum Gasteiger partial charge on any atom is 0.319 e. The minimum atomic E-state index is -0.219. The van der Waals surface area contributed by atoms with E-state index in [1.54, 1.807) is 37.6 Å². The highest BCUT2D eigenvalue weighted by molar-refractivity contribution is 6.30. The lowest BCUT2D eigenvalue weighted by atomic mass is 9.80. The quantitative estimate of drug-likeness (QED) is 0.430. The SMILES string of the molecule is COc1ccc(C2CN(Cc3cncc(Cl)c3)CCC2CNC(=O)Nc2ccc(Cl)cc2)cc1. The third-order valence-electron chi connectivity index (χ3n) is 6.18. The molecule has 1 aliphatic heterocycles. The molecule has 0 aliphatic carbocycles. The van der Waals surface area contributed by atoms with Gasteiger partial charge in [-0.2, -0.15) is 0 Å². The summed E-state index contributed by atoms with van der Waals surface area (Å²) in [5.74, 6) is 1.40. The van der Waals surface area contributed by atoms with Gasteiger partial charge in [-0.15, -0.1) is 0 Å². The number of aromatic nitrogens is 1. The molecule has 0 bridgehead atoms. The Kier molecular flexibility index (Phi) is 8.27. The summed E-state index contributed by atoms with van der Waals surface area (Å²) in [6.07, 6.45) is 4.48. The van der Waals surface area contributed by atoms with Crippen LogP contribution in [0.3, 0.4) is 0 Å². The lowest BCUT2D eigenvalue weighted by Crippen LogP contribution is -2.44. The Morgan fingerprint density at radius 2 is 1.85 bits per heavy atom. The van der Waals surface area contributed by atoms with Crippen LogP contribution in [0.15, 0.2) is 67.0 Å². The number of urea groups is 1. The third kappa shape index (κ3) is 6.63. The van der Waals surface area contributed by atoms with Crippen molar-refractivity contribution in [2.24, 2.45) is 5.92 Å². The van der Waals surface area contributed by atoms with Crippen LogP contribution in [-0.4, -0.2) is 42.7 Å². The molecule has 0 spiro atoms. The second-order valence-corrected chi connectivity index (χ2v) is 9.39. The zero-order valence-corrected chi connectivity index (χ0v) is 20.5. The largest absolute Gasteiger partial charge is 0.497 e. The fourth-order valence-electron chi connectivity index (χ4n) is 4.42. The number of halogens is 2. The number of nitrogens with zero attached hydrogens (tertiary/aromatic N) is 2. The number of anilines is 1. The van der Waals surface area contributed by atoms with Gasteiger partial charge in [0.25, 0.3) is 0 Å². The second-order valence-electron chi connectivity index (χ2n) is 8.52. The van der Waals surface area contributed by atoms with Crippen molar-refractivity contribution in [3.8, 4) is 5.75 Å². The van der Waals surface area contributed by atoms with Crippen molar-refractivity contribution in [3.05, 3.63) is 88.2 Å². The number of methoxy groups -OCH3 is 1. The number of rotatable bonds is 7. The van der Waals surface area contributed by atoms with Crippen LogP contribution in [0.2, 0.25) is 10.0 Å². The number of hydrogen-bond acceptors (Lipinski definition) is 4. The van der Waals surface area contributed by atoms with Crippen LogP contribution in [-0.2, 0) is 6.54 Å². The summed E-state index contributed by atoms with van der Waals surface area (Å²) < 4.78 is 5.33.